The second kappa shape index (κ2) is 7.54. The lowest BCUT2D eigenvalue weighted by Crippen LogP contribution is -2.43. The standard InChI is InChI=1S/C10H17N3OS2/c1-8(7-14-2)13-10(15)12-4-3-9-11-5-6-16-9/h5-6,8H,3-4,7H2,1-2H3,(H2,12,13,15). The van der Waals surface area contributed by atoms with Gasteiger partial charge in [-0.1, -0.05) is 0 Å². The minimum absolute atomic E-state index is 0.227. The molecule has 0 aromatic carbocycles. The molecule has 90 valence electrons. The molecule has 2 N–H and O–H groups in total. The fraction of sp³-hybridized carbons (Fsp3) is 0.600. The van der Waals surface area contributed by atoms with Crippen molar-refractivity contribution >= 4 is 28.7 Å². The van der Waals surface area contributed by atoms with Gasteiger partial charge in [-0.25, -0.2) is 4.98 Å². The van der Waals surface area contributed by atoms with Crippen molar-refractivity contribution in [3.63, 3.8) is 0 Å². The summed E-state index contributed by atoms with van der Waals surface area (Å²) in [6, 6.07) is 0.227. The lowest BCUT2D eigenvalue weighted by atomic mass is 10.4. The smallest absolute Gasteiger partial charge is 0.166 e. The Kier molecular flexibility index (Phi) is 6.29. The molecule has 0 bridgehead atoms. The van der Waals surface area contributed by atoms with Crippen LogP contribution in [-0.2, 0) is 11.2 Å². The number of aromatic nitrogens is 1. The molecule has 1 atom stereocenters. The van der Waals surface area contributed by atoms with Gasteiger partial charge in [-0.2, -0.15) is 0 Å². The molecule has 1 rings (SSSR count). The van der Waals surface area contributed by atoms with Crippen LogP contribution in [0.4, 0.5) is 0 Å². The second-order valence-electron chi connectivity index (χ2n) is 3.43. The van der Waals surface area contributed by atoms with Gasteiger partial charge in [0.25, 0.3) is 0 Å². The van der Waals surface area contributed by atoms with Crippen molar-refractivity contribution < 1.29 is 4.74 Å². The minimum Gasteiger partial charge on any atom is -0.383 e. The van der Waals surface area contributed by atoms with E-state index in [1.165, 1.54) is 0 Å². The van der Waals surface area contributed by atoms with Crippen LogP contribution >= 0.6 is 23.6 Å². The van der Waals surface area contributed by atoms with E-state index in [1.54, 1.807) is 18.4 Å². The Morgan fingerprint density at radius 2 is 2.50 bits per heavy atom. The molecular formula is C10H17N3OS2. The number of hydrogen-bond acceptors (Lipinski definition) is 4. The van der Waals surface area contributed by atoms with Gasteiger partial charge in [0.05, 0.1) is 11.6 Å². The van der Waals surface area contributed by atoms with E-state index in [0.717, 1.165) is 18.0 Å². The van der Waals surface area contributed by atoms with E-state index in [9.17, 15) is 0 Å². The van der Waals surface area contributed by atoms with Crippen molar-refractivity contribution in [2.45, 2.75) is 19.4 Å². The summed E-state index contributed by atoms with van der Waals surface area (Å²) in [6.45, 7) is 3.48. The van der Waals surface area contributed by atoms with Crippen molar-refractivity contribution in [1.29, 1.82) is 0 Å². The van der Waals surface area contributed by atoms with E-state index in [-0.39, 0.29) is 6.04 Å². The summed E-state index contributed by atoms with van der Waals surface area (Å²) in [5, 5.41) is 10.1. The molecule has 1 unspecified atom stereocenters. The Hall–Kier alpha value is -0.720. The number of rotatable bonds is 6. The van der Waals surface area contributed by atoms with Gasteiger partial charge >= 0.3 is 0 Å². The first-order valence-electron chi connectivity index (χ1n) is 5.14. The van der Waals surface area contributed by atoms with Gasteiger partial charge in [0.2, 0.25) is 0 Å². The molecule has 1 aromatic heterocycles. The zero-order valence-electron chi connectivity index (χ0n) is 9.53. The Bertz CT molecular complexity index is 303. The summed E-state index contributed by atoms with van der Waals surface area (Å²) in [5.41, 5.74) is 0. The molecular weight excluding hydrogens is 242 g/mol. The average Bonchev–Trinajstić information content (AvgIpc) is 2.70. The van der Waals surface area contributed by atoms with Gasteiger partial charge in [-0.15, -0.1) is 11.3 Å². The van der Waals surface area contributed by atoms with E-state index >= 15 is 0 Å². The molecule has 0 saturated heterocycles. The lowest BCUT2D eigenvalue weighted by molar-refractivity contribution is 0.179. The van der Waals surface area contributed by atoms with Crippen molar-refractivity contribution in [1.82, 2.24) is 15.6 Å². The van der Waals surface area contributed by atoms with Gasteiger partial charge in [-0.05, 0) is 19.1 Å². The first kappa shape index (κ1) is 13.3. The Balaban J connectivity index is 2.10. The third-order valence-corrected chi connectivity index (χ3v) is 3.00. The van der Waals surface area contributed by atoms with Gasteiger partial charge in [0, 0.05) is 37.7 Å². The van der Waals surface area contributed by atoms with E-state index in [1.807, 2.05) is 18.5 Å². The third kappa shape index (κ3) is 5.39. The fourth-order valence-corrected chi connectivity index (χ4v) is 2.15. The number of thiocarbonyl (C=S) groups is 1. The third-order valence-electron chi connectivity index (χ3n) is 1.90. The minimum atomic E-state index is 0.227. The van der Waals surface area contributed by atoms with Crippen molar-refractivity contribution in [2.75, 3.05) is 20.3 Å². The number of methoxy groups -OCH3 is 1. The van der Waals surface area contributed by atoms with E-state index in [2.05, 4.69) is 15.6 Å². The highest BCUT2D eigenvalue weighted by molar-refractivity contribution is 7.80. The van der Waals surface area contributed by atoms with Gasteiger partial charge in [-0.3, -0.25) is 0 Å². The number of nitrogens with zero attached hydrogens (tertiary/aromatic N) is 1. The molecule has 1 heterocycles. The monoisotopic (exact) mass is 259 g/mol. The normalized spacial score (nSPS) is 12.1. The summed E-state index contributed by atoms with van der Waals surface area (Å²) >= 11 is 6.81. The molecule has 0 saturated carbocycles. The van der Waals surface area contributed by atoms with E-state index in [0.29, 0.717) is 11.7 Å². The predicted octanol–water partition coefficient (Wildman–Crippen LogP) is 1.18. The molecule has 0 spiro atoms. The van der Waals surface area contributed by atoms with Crippen molar-refractivity contribution in [3.05, 3.63) is 16.6 Å². The zero-order chi connectivity index (χ0) is 11.8. The molecule has 0 aliphatic rings. The molecule has 6 heteroatoms. The zero-order valence-corrected chi connectivity index (χ0v) is 11.2. The van der Waals surface area contributed by atoms with E-state index < -0.39 is 0 Å². The maximum atomic E-state index is 5.14. The fourth-order valence-electron chi connectivity index (χ4n) is 1.23. The highest BCUT2D eigenvalue weighted by Crippen LogP contribution is 2.03. The molecule has 0 amide bonds. The highest BCUT2D eigenvalue weighted by atomic mass is 32.1. The van der Waals surface area contributed by atoms with Crippen LogP contribution in [0.15, 0.2) is 11.6 Å². The first-order chi connectivity index (χ1) is 7.72. The van der Waals surface area contributed by atoms with Crippen LogP contribution in [0.25, 0.3) is 0 Å². The molecule has 0 aliphatic carbocycles. The first-order valence-corrected chi connectivity index (χ1v) is 6.43. The second-order valence-corrected chi connectivity index (χ2v) is 4.82. The molecule has 4 nitrogen and oxygen atoms in total. The van der Waals surface area contributed by atoms with Crippen molar-refractivity contribution in [2.24, 2.45) is 0 Å². The summed E-state index contributed by atoms with van der Waals surface area (Å²) < 4.78 is 5.01. The number of ether oxygens (including phenoxy) is 1. The number of thiazole rings is 1. The molecule has 16 heavy (non-hydrogen) atoms. The quantitative estimate of drug-likeness (QED) is 0.751. The summed E-state index contributed by atoms with van der Waals surface area (Å²) in [7, 11) is 1.68. The van der Waals surface area contributed by atoms with E-state index in [4.69, 9.17) is 17.0 Å². The Morgan fingerprint density at radius 1 is 1.69 bits per heavy atom. The van der Waals surface area contributed by atoms with Gasteiger partial charge in [0.1, 0.15) is 0 Å². The van der Waals surface area contributed by atoms with Gasteiger partial charge in [0.15, 0.2) is 5.11 Å². The maximum absolute atomic E-state index is 5.14. The number of hydrogen-bond donors (Lipinski definition) is 2. The maximum Gasteiger partial charge on any atom is 0.166 e. The van der Waals surface area contributed by atoms with Crippen LogP contribution in [-0.4, -0.2) is 36.4 Å². The number of nitrogens with one attached hydrogen (secondary N) is 2. The van der Waals surface area contributed by atoms with Crippen LogP contribution in [0.1, 0.15) is 11.9 Å². The van der Waals surface area contributed by atoms with Crippen LogP contribution in [0.3, 0.4) is 0 Å². The highest BCUT2D eigenvalue weighted by Gasteiger charge is 2.03. The van der Waals surface area contributed by atoms with Crippen LogP contribution in [0.5, 0.6) is 0 Å². The summed E-state index contributed by atoms with van der Waals surface area (Å²) in [6.07, 6.45) is 2.72. The predicted molar refractivity (Wildman–Crippen MR) is 70.9 cm³/mol. The average molecular weight is 259 g/mol. The van der Waals surface area contributed by atoms with Crippen LogP contribution in [0, 0.1) is 0 Å². The Morgan fingerprint density at radius 3 is 3.12 bits per heavy atom. The SMILES string of the molecule is COCC(C)NC(=S)NCCc1nccs1. The van der Waals surface area contributed by atoms with Crippen LogP contribution < -0.4 is 10.6 Å². The van der Waals surface area contributed by atoms with Gasteiger partial charge < -0.3 is 15.4 Å². The Labute approximate surface area is 105 Å². The molecule has 0 fully saturated rings. The molecule has 1 aromatic rings. The molecule has 0 radical (unpaired) electrons. The van der Waals surface area contributed by atoms with Crippen molar-refractivity contribution in [3.8, 4) is 0 Å². The summed E-state index contributed by atoms with van der Waals surface area (Å²) in [4.78, 5) is 4.20. The molecule has 0 aliphatic heterocycles. The summed E-state index contributed by atoms with van der Waals surface area (Å²) in [5.74, 6) is 0. The largest absolute Gasteiger partial charge is 0.383 e. The lowest BCUT2D eigenvalue weighted by Gasteiger charge is -2.15. The topological polar surface area (TPSA) is 46.2 Å². The van der Waals surface area contributed by atoms with Crippen LogP contribution in [0.2, 0.25) is 0 Å².